The van der Waals surface area contributed by atoms with Gasteiger partial charge in [0.1, 0.15) is 5.69 Å². The molecule has 1 aliphatic heterocycles. The van der Waals surface area contributed by atoms with Gasteiger partial charge in [-0.2, -0.15) is 4.31 Å². The van der Waals surface area contributed by atoms with Crippen molar-refractivity contribution in [2.45, 2.75) is 37.1 Å². The van der Waals surface area contributed by atoms with Crippen molar-refractivity contribution in [3.63, 3.8) is 0 Å². The summed E-state index contributed by atoms with van der Waals surface area (Å²) in [7, 11) is -3.90. The van der Waals surface area contributed by atoms with E-state index in [1.165, 1.54) is 22.5 Å². The molecule has 0 saturated carbocycles. The van der Waals surface area contributed by atoms with Gasteiger partial charge < -0.3 is 5.73 Å². The van der Waals surface area contributed by atoms with Crippen LogP contribution < -0.4 is 5.73 Å². The maximum atomic E-state index is 12.6. The SMILES string of the molecule is CC1CCCCN1S(=O)(=O)c1cccc(N)c1[N+](=O)[O-]. The van der Waals surface area contributed by atoms with Crippen LogP contribution in [0.15, 0.2) is 23.1 Å². The van der Waals surface area contributed by atoms with E-state index in [4.69, 9.17) is 5.73 Å². The molecule has 0 bridgehead atoms. The zero-order valence-corrected chi connectivity index (χ0v) is 12.0. The van der Waals surface area contributed by atoms with Crippen LogP contribution in [0.1, 0.15) is 26.2 Å². The fourth-order valence-corrected chi connectivity index (χ4v) is 4.39. The third-order valence-corrected chi connectivity index (χ3v) is 5.59. The van der Waals surface area contributed by atoms with Gasteiger partial charge >= 0.3 is 5.69 Å². The van der Waals surface area contributed by atoms with Crippen molar-refractivity contribution in [3.05, 3.63) is 28.3 Å². The van der Waals surface area contributed by atoms with Gasteiger partial charge in [0.25, 0.3) is 0 Å². The molecule has 0 amide bonds. The number of rotatable bonds is 3. The lowest BCUT2D eigenvalue weighted by Crippen LogP contribution is -2.42. The van der Waals surface area contributed by atoms with Crippen molar-refractivity contribution >= 4 is 21.4 Å². The summed E-state index contributed by atoms with van der Waals surface area (Å²) in [6.45, 7) is 2.20. The Kier molecular flexibility index (Phi) is 3.96. The predicted octanol–water partition coefficient (Wildman–Crippen LogP) is 1.74. The summed E-state index contributed by atoms with van der Waals surface area (Å²) in [4.78, 5) is 10.0. The summed E-state index contributed by atoms with van der Waals surface area (Å²) in [6.07, 6.45) is 2.49. The number of piperidine rings is 1. The molecule has 1 aromatic rings. The summed E-state index contributed by atoms with van der Waals surface area (Å²) >= 11 is 0. The van der Waals surface area contributed by atoms with Crippen LogP contribution in [0.5, 0.6) is 0 Å². The highest BCUT2D eigenvalue weighted by atomic mass is 32.2. The molecule has 1 fully saturated rings. The summed E-state index contributed by atoms with van der Waals surface area (Å²) in [5.74, 6) is 0. The van der Waals surface area contributed by atoms with Crippen molar-refractivity contribution in [2.24, 2.45) is 0 Å². The molecule has 2 N–H and O–H groups in total. The quantitative estimate of drug-likeness (QED) is 0.519. The topological polar surface area (TPSA) is 107 Å². The molecule has 1 unspecified atom stereocenters. The van der Waals surface area contributed by atoms with Gasteiger partial charge in [-0.15, -0.1) is 0 Å². The molecule has 7 nitrogen and oxygen atoms in total. The van der Waals surface area contributed by atoms with Gasteiger partial charge in [0.15, 0.2) is 4.90 Å². The molecule has 1 aliphatic rings. The smallest absolute Gasteiger partial charge is 0.312 e. The van der Waals surface area contributed by atoms with E-state index in [-0.39, 0.29) is 16.6 Å². The van der Waals surface area contributed by atoms with Gasteiger partial charge in [0.2, 0.25) is 10.0 Å². The van der Waals surface area contributed by atoms with Crippen molar-refractivity contribution in [1.82, 2.24) is 4.31 Å². The minimum Gasteiger partial charge on any atom is -0.393 e. The molecule has 8 heteroatoms. The average Bonchev–Trinajstić information content (AvgIpc) is 2.38. The minimum absolute atomic E-state index is 0.138. The maximum Gasteiger partial charge on any atom is 0.312 e. The molecule has 0 aromatic heterocycles. The van der Waals surface area contributed by atoms with Gasteiger partial charge in [-0.05, 0) is 31.9 Å². The Morgan fingerprint density at radius 3 is 2.70 bits per heavy atom. The van der Waals surface area contributed by atoms with Gasteiger partial charge in [0.05, 0.1) is 4.92 Å². The van der Waals surface area contributed by atoms with Gasteiger partial charge in [0, 0.05) is 12.6 Å². The number of nitro groups is 1. The first-order valence-electron chi connectivity index (χ1n) is 6.40. The van der Waals surface area contributed by atoms with E-state index in [0.717, 1.165) is 19.3 Å². The third kappa shape index (κ3) is 2.48. The predicted molar refractivity (Wildman–Crippen MR) is 74.7 cm³/mol. The number of nitro benzene ring substituents is 1. The largest absolute Gasteiger partial charge is 0.393 e. The summed E-state index contributed by atoms with van der Waals surface area (Å²) in [5, 5.41) is 11.1. The Morgan fingerprint density at radius 1 is 1.40 bits per heavy atom. The van der Waals surface area contributed by atoms with Crippen molar-refractivity contribution in [2.75, 3.05) is 12.3 Å². The minimum atomic E-state index is -3.90. The lowest BCUT2D eigenvalue weighted by molar-refractivity contribution is -0.386. The Hall–Kier alpha value is -1.67. The van der Waals surface area contributed by atoms with Crippen LogP contribution in [0, 0.1) is 10.1 Å². The number of para-hydroxylation sites is 1. The monoisotopic (exact) mass is 299 g/mol. The van der Waals surface area contributed by atoms with E-state index < -0.39 is 20.6 Å². The normalized spacial score (nSPS) is 20.8. The summed E-state index contributed by atoms with van der Waals surface area (Å²) < 4.78 is 26.6. The lowest BCUT2D eigenvalue weighted by Gasteiger charge is -2.32. The van der Waals surface area contributed by atoms with E-state index in [1.807, 2.05) is 6.92 Å². The zero-order valence-electron chi connectivity index (χ0n) is 11.2. The first kappa shape index (κ1) is 14.7. The van der Waals surface area contributed by atoms with Gasteiger partial charge in [-0.25, -0.2) is 8.42 Å². The zero-order chi connectivity index (χ0) is 14.9. The molecular weight excluding hydrogens is 282 g/mol. The van der Waals surface area contributed by atoms with E-state index in [9.17, 15) is 18.5 Å². The molecule has 0 radical (unpaired) electrons. The molecule has 0 aliphatic carbocycles. The summed E-state index contributed by atoms with van der Waals surface area (Å²) in [6, 6.07) is 3.83. The molecule has 1 atom stereocenters. The molecule has 0 spiro atoms. The molecule has 1 aromatic carbocycles. The number of sulfonamides is 1. The second kappa shape index (κ2) is 5.37. The number of nitrogens with two attached hydrogens (primary N) is 1. The van der Waals surface area contributed by atoms with Gasteiger partial charge in [-0.3, -0.25) is 10.1 Å². The van der Waals surface area contributed by atoms with Crippen LogP contribution in [0.25, 0.3) is 0 Å². The van der Waals surface area contributed by atoms with E-state index >= 15 is 0 Å². The molecule has 1 saturated heterocycles. The maximum absolute atomic E-state index is 12.6. The number of nitrogens with zero attached hydrogens (tertiary/aromatic N) is 2. The number of nitrogen functional groups attached to an aromatic ring is 1. The molecule has 20 heavy (non-hydrogen) atoms. The number of anilines is 1. The van der Waals surface area contributed by atoms with Crippen LogP contribution in [-0.4, -0.2) is 30.2 Å². The van der Waals surface area contributed by atoms with E-state index in [0.29, 0.717) is 6.54 Å². The summed E-state index contributed by atoms with van der Waals surface area (Å²) in [5.41, 5.74) is 4.88. The average molecular weight is 299 g/mol. The van der Waals surface area contributed by atoms with Crippen LogP contribution >= 0.6 is 0 Å². The highest BCUT2D eigenvalue weighted by molar-refractivity contribution is 7.89. The molecule has 110 valence electrons. The molecular formula is C12H17N3O4S. The first-order chi connectivity index (χ1) is 9.35. The Morgan fingerprint density at radius 2 is 2.10 bits per heavy atom. The first-order valence-corrected chi connectivity index (χ1v) is 7.84. The number of benzene rings is 1. The molecule has 1 heterocycles. The Balaban J connectivity index is 2.55. The number of hydrogen-bond donors (Lipinski definition) is 1. The second-order valence-corrected chi connectivity index (χ2v) is 6.77. The standard InChI is InChI=1S/C12H17N3O4S/c1-9-5-2-3-8-14(9)20(18,19)11-7-4-6-10(13)12(11)15(16)17/h4,6-7,9H,2-3,5,8,13H2,1H3. The van der Waals surface area contributed by atoms with Crippen molar-refractivity contribution in [3.8, 4) is 0 Å². The highest BCUT2D eigenvalue weighted by Crippen LogP contribution is 2.34. The fourth-order valence-electron chi connectivity index (χ4n) is 2.50. The second-order valence-electron chi connectivity index (χ2n) is 4.91. The van der Waals surface area contributed by atoms with Crippen LogP contribution in [0.4, 0.5) is 11.4 Å². The lowest BCUT2D eigenvalue weighted by atomic mass is 10.1. The van der Waals surface area contributed by atoms with Crippen molar-refractivity contribution in [1.29, 1.82) is 0 Å². The van der Waals surface area contributed by atoms with Crippen LogP contribution in [-0.2, 0) is 10.0 Å². The fraction of sp³-hybridized carbons (Fsp3) is 0.500. The van der Waals surface area contributed by atoms with Crippen LogP contribution in [0.2, 0.25) is 0 Å². The number of hydrogen-bond acceptors (Lipinski definition) is 5. The van der Waals surface area contributed by atoms with Crippen LogP contribution in [0.3, 0.4) is 0 Å². The third-order valence-electron chi connectivity index (χ3n) is 3.54. The highest BCUT2D eigenvalue weighted by Gasteiger charge is 2.36. The molecule has 2 rings (SSSR count). The van der Waals surface area contributed by atoms with E-state index in [1.54, 1.807) is 0 Å². The van der Waals surface area contributed by atoms with Crippen molar-refractivity contribution < 1.29 is 13.3 Å². The van der Waals surface area contributed by atoms with E-state index in [2.05, 4.69) is 0 Å². The van der Waals surface area contributed by atoms with Gasteiger partial charge in [-0.1, -0.05) is 12.5 Å². The Labute approximate surface area is 117 Å². The Bertz CT molecular complexity index is 630.